The van der Waals surface area contributed by atoms with Crippen LogP contribution in [-0.4, -0.2) is 49.7 Å². The third-order valence-corrected chi connectivity index (χ3v) is 7.17. The van der Waals surface area contributed by atoms with Gasteiger partial charge in [0, 0.05) is 31.6 Å². The highest BCUT2D eigenvalue weighted by molar-refractivity contribution is 7.89. The molecule has 0 unspecified atom stereocenters. The van der Waals surface area contributed by atoms with Crippen LogP contribution in [0.15, 0.2) is 23.1 Å². The quantitative estimate of drug-likeness (QED) is 0.819. The molecule has 1 aromatic rings. The first-order valence-corrected chi connectivity index (χ1v) is 9.93. The van der Waals surface area contributed by atoms with Gasteiger partial charge in [-0.05, 0) is 31.0 Å². The molecule has 25 heavy (non-hydrogen) atoms. The highest BCUT2D eigenvalue weighted by Gasteiger charge is 2.40. The van der Waals surface area contributed by atoms with Crippen molar-refractivity contribution in [3.05, 3.63) is 29.8 Å². The number of sulfonamides is 1. The van der Waals surface area contributed by atoms with Crippen molar-refractivity contribution in [2.24, 2.45) is 5.41 Å². The summed E-state index contributed by atoms with van der Waals surface area (Å²) in [6.07, 6.45) is 3.85. The molecule has 1 amide bonds. The van der Waals surface area contributed by atoms with Crippen LogP contribution < -0.4 is 0 Å². The maximum atomic E-state index is 13.3. The molecule has 8 heteroatoms. The van der Waals surface area contributed by atoms with Gasteiger partial charge in [-0.2, -0.15) is 4.31 Å². The lowest BCUT2D eigenvalue weighted by atomic mass is 9.87. The minimum Gasteiger partial charge on any atom is -0.340 e. The first-order valence-electron chi connectivity index (χ1n) is 8.49. The first-order chi connectivity index (χ1) is 11.7. The van der Waals surface area contributed by atoms with E-state index >= 15 is 0 Å². The molecule has 138 valence electrons. The SMILES string of the molecule is CC1(C(=O)N2CCN(S(=O)(=O)c3ccc(F)c(F)c3)CC2)CCCC1. The van der Waals surface area contributed by atoms with Gasteiger partial charge >= 0.3 is 0 Å². The van der Waals surface area contributed by atoms with E-state index in [1.165, 1.54) is 4.31 Å². The second-order valence-electron chi connectivity index (χ2n) is 7.04. The average Bonchev–Trinajstić information content (AvgIpc) is 3.04. The van der Waals surface area contributed by atoms with Gasteiger partial charge in [0.05, 0.1) is 4.90 Å². The summed E-state index contributed by atoms with van der Waals surface area (Å²) in [5.74, 6) is -2.18. The van der Waals surface area contributed by atoms with Gasteiger partial charge in [0.15, 0.2) is 11.6 Å². The maximum Gasteiger partial charge on any atom is 0.243 e. The summed E-state index contributed by atoms with van der Waals surface area (Å²) in [6, 6.07) is 2.57. The van der Waals surface area contributed by atoms with Gasteiger partial charge in [0.2, 0.25) is 15.9 Å². The molecule has 1 saturated heterocycles. The summed E-state index contributed by atoms with van der Waals surface area (Å²) in [6.45, 7) is 2.92. The minimum absolute atomic E-state index is 0.0925. The third-order valence-electron chi connectivity index (χ3n) is 5.28. The number of halogens is 2. The summed E-state index contributed by atoms with van der Waals surface area (Å²) < 4.78 is 52.8. The number of nitrogens with zero attached hydrogens (tertiary/aromatic N) is 2. The summed E-state index contributed by atoms with van der Waals surface area (Å²) in [5, 5.41) is 0. The number of piperazine rings is 1. The Labute approximate surface area is 146 Å². The van der Waals surface area contributed by atoms with Crippen LogP contribution in [-0.2, 0) is 14.8 Å². The molecule has 1 aromatic carbocycles. The number of hydrogen-bond acceptors (Lipinski definition) is 3. The number of rotatable bonds is 3. The fraction of sp³-hybridized carbons (Fsp3) is 0.588. The first kappa shape index (κ1) is 18.3. The van der Waals surface area contributed by atoms with Gasteiger partial charge in [-0.15, -0.1) is 0 Å². The molecule has 1 aliphatic heterocycles. The normalized spacial score (nSPS) is 21.5. The lowest BCUT2D eigenvalue weighted by Gasteiger charge is -2.38. The Morgan fingerprint density at radius 1 is 1.04 bits per heavy atom. The van der Waals surface area contributed by atoms with E-state index in [4.69, 9.17) is 0 Å². The Kier molecular flexibility index (Phi) is 4.85. The summed E-state index contributed by atoms with van der Waals surface area (Å²) in [4.78, 5) is 14.2. The van der Waals surface area contributed by atoms with Crippen LogP contribution in [0.4, 0.5) is 8.78 Å². The van der Waals surface area contributed by atoms with Crippen LogP contribution in [0, 0.1) is 17.0 Å². The van der Waals surface area contributed by atoms with Crippen molar-refractivity contribution in [1.29, 1.82) is 0 Å². The topological polar surface area (TPSA) is 57.7 Å². The van der Waals surface area contributed by atoms with E-state index in [0.717, 1.165) is 37.8 Å². The highest BCUT2D eigenvalue weighted by atomic mass is 32.2. The van der Waals surface area contributed by atoms with Gasteiger partial charge < -0.3 is 4.90 Å². The number of hydrogen-bond donors (Lipinski definition) is 0. The molecule has 1 saturated carbocycles. The molecule has 0 aromatic heterocycles. The molecule has 0 radical (unpaired) electrons. The van der Waals surface area contributed by atoms with Gasteiger partial charge in [-0.3, -0.25) is 4.79 Å². The van der Waals surface area contributed by atoms with E-state index in [1.54, 1.807) is 4.90 Å². The second-order valence-corrected chi connectivity index (χ2v) is 8.98. The van der Waals surface area contributed by atoms with Gasteiger partial charge in [0.25, 0.3) is 0 Å². The molecule has 0 spiro atoms. The Morgan fingerprint density at radius 3 is 2.20 bits per heavy atom. The summed E-state index contributed by atoms with van der Waals surface area (Å²) in [7, 11) is -3.90. The van der Waals surface area contributed by atoms with Crippen LogP contribution in [0.3, 0.4) is 0 Å². The standard InChI is InChI=1S/C17H22F2N2O3S/c1-17(6-2-3-7-17)16(22)20-8-10-21(11-9-20)25(23,24)13-4-5-14(18)15(19)12-13/h4-5,12H,2-3,6-11H2,1H3. The number of amides is 1. The largest absolute Gasteiger partial charge is 0.340 e. The zero-order chi connectivity index (χ0) is 18.2. The molecule has 0 atom stereocenters. The number of benzene rings is 1. The zero-order valence-electron chi connectivity index (χ0n) is 14.2. The van der Waals surface area contributed by atoms with E-state index in [1.807, 2.05) is 6.92 Å². The van der Waals surface area contributed by atoms with Crippen molar-refractivity contribution in [2.45, 2.75) is 37.5 Å². The van der Waals surface area contributed by atoms with Crippen molar-refractivity contribution in [1.82, 2.24) is 9.21 Å². The Balaban J connectivity index is 1.69. The van der Waals surface area contributed by atoms with E-state index in [0.29, 0.717) is 19.2 Å². The predicted octanol–water partition coefficient (Wildman–Crippen LogP) is 2.38. The summed E-state index contributed by atoms with van der Waals surface area (Å²) in [5.41, 5.74) is -0.332. The molecule has 0 N–H and O–H groups in total. The maximum absolute atomic E-state index is 13.3. The fourth-order valence-electron chi connectivity index (χ4n) is 3.67. The van der Waals surface area contributed by atoms with Crippen LogP contribution in [0.25, 0.3) is 0 Å². The Hall–Kier alpha value is -1.54. The molecule has 1 aliphatic carbocycles. The second kappa shape index (κ2) is 6.64. The molecule has 1 heterocycles. The van der Waals surface area contributed by atoms with Crippen molar-refractivity contribution in [3.63, 3.8) is 0 Å². The lowest BCUT2D eigenvalue weighted by molar-refractivity contribution is -0.142. The van der Waals surface area contributed by atoms with Crippen molar-refractivity contribution < 1.29 is 22.0 Å². The molecular weight excluding hydrogens is 350 g/mol. The molecule has 5 nitrogen and oxygen atoms in total. The predicted molar refractivity (Wildman–Crippen MR) is 88.3 cm³/mol. The molecule has 2 aliphatic rings. The molecular formula is C17H22F2N2O3S. The molecule has 2 fully saturated rings. The smallest absolute Gasteiger partial charge is 0.243 e. The number of carbonyl (C=O) groups is 1. The van der Waals surface area contributed by atoms with E-state index < -0.39 is 21.7 Å². The van der Waals surface area contributed by atoms with Gasteiger partial charge in [-0.25, -0.2) is 17.2 Å². The van der Waals surface area contributed by atoms with E-state index in [2.05, 4.69) is 0 Å². The van der Waals surface area contributed by atoms with Crippen LogP contribution in [0.2, 0.25) is 0 Å². The molecule has 0 bridgehead atoms. The minimum atomic E-state index is -3.90. The van der Waals surface area contributed by atoms with Crippen LogP contribution >= 0.6 is 0 Å². The highest BCUT2D eigenvalue weighted by Crippen LogP contribution is 2.39. The van der Waals surface area contributed by atoms with Crippen molar-refractivity contribution >= 4 is 15.9 Å². The van der Waals surface area contributed by atoms with E-state index in [9.17, 15) is 22.0 Å². The van der Waals surface area contributed by atoms with Gasteiger partial charge in [0.1, 0.15) is 0 Å². The lowest BCUT2D eigenvalue weighted by Crippen LogP contribution is -2.53. The average molecular weight is 372 g/mol. The number of carbonyl (C=O) groups excluding carboxylic acids is 1. The third kappa shape index (κ3) is 3.42. The monoisotopic (exact) mass is 372 g/mol. The molecule has 3 rings (SSSR count). The fourth-order valence-corrected chi connectivity index (χ4v) is 5.10. The van der Waals surface area contributed by atoms with Crippen molar-refractivity contribution in [3.8, 4) is 0 Å². The van der Waals surface area contributed by atoms with E-state index in [-0.39, 0.29) is 29.3 Å². The Morgan fingerprint density at radius 2 is 1.64 bits per heavy atom. The van der Waals surface area contributed by atoms with Crippen LogP contribution in [0.5, 0.6) is 0 Å². The Bertz CT molecular complexity index is 768. The zero-order valence-corrected chi connectivity index (χ0v) is 15.0. The van der Waals surface area contributed by atoms with Crippen LogP contribution in [0.1, 0.15) is 32.6 Å². The van der Waals surface area contributed by atoms with Gasteiger partial charge in [-0.1, -0.05) is 19.8 Å². The summed E-state index contributed by atoms with van der Waals surface area (Å²) >= 11 is 0. The van der Waals surface area contributed by atoms with Crippen molar-refractivity contribution in [2.75, 3.05) is 26.2 Å².